The highest BCUT2D eigenvalue weighted by Crippen LogP contribution is 2.20. The fourth-order valence-corrected chi connectivity index (χ4v) is 2.89. The summed E-state index contributed by atoms with van der Waals surface area (Å²) >= 11 is 0. The number of hydrogen-bond donors (Lipinski definition) is 2. The maximum Gasteiger partial charge on any atom is 0.401 e. The summed E-state index contributed by atoms with van der Waals surface area (Å²) in [7, 11) is 0. The third-order valence-corrected chi connectivity index (χ3v) is 4.04. The van der Waals surface area contributed by atoms with Crippen LogP contribution >= 0.6 is 0 Å². The van der Waals surface area contributed by atoms with Crippen LogP contribution < -0.4 is 10.6 Å². The van der Waals surface area contributed by atoms with Gasteiger partial charge in [0.1, 0.15) is 5.76 Å². The number of rotatable bonds is 6. The van der Waals surface area contributed by atoms with E-state index in [0.717, 1.165) is 17.0 Å². The van der Waals surface area contributed by atoms with Gasteiger partial charge in [-0.05, 0) is 12.8 Å². The second-order valence-corrected chi connectivity index (χ2v) is 5.90. The van der Waals surface area contributed by atoms with Crippen LogP contribution in [0.4, 0.5) is 18.0 Å². The number of aromatic nitrogens is 1. The summed E-state index contributed by atoms with van der Waals surface area (Å²) in [5.74, 6) is 0.740. The van der Waals surface area contributed by atoms with Gasteiger partial charge in [0.05, 0.1) is 12.2 Å². The molecule has 0 radical (unpaired) electrons. The molecular weight excluding hydrogens is 325 g/mol. The van der Waals surface area contributed by atoms with Gasteiger partial charge >= 0.3 is 12.2 Å². The van der Waals surface area contributed by atoms with Gasteiger partial charge in [-0.15, -0.1) is 0 Å². The number of carbonyl (C=O) groups excluding carboxylic acids is 1. The van der Waals surface area contributed by atoms with Crippen LogP contribution in [-0.2, 0) is 19.4 Å². The minimum Gasteiger partial charge on any atom is -0.361 e. The number of hydrogen-bond acceptors (Lipinski definition) is 4. The highest BCUT2D eigenvalue weighted by molar-refractivity contribution is 5.74. The first-order chi connectivity index (χ1) is 11.3. The number of alkyl halides is 3. The van der Waals surface area contributed by atoms with E-state index in [1.165, 1.54) is 4.90 Å². The number of aryl methyl sites for hydroxylation is 2. The topological polar surface area (TPSA) is 70.4 Å². The molecule has 2 heterocycles. The minimum atomic E-state index is -4.21. The molecule has 1 atom stereocenters. The van der Waals surface area contributed by atoms with Gasteiger partial charge in [0.25, 0.3) is 0 Å². The molecule has 1 unspecified atom stereocenters. The molecule has 1 fully saturated rings. The van der Waals surface area contributed by atoms with E-state index >= 15 is 0 Å². The summed E-state index contributed by atoms with van der Waals surface area (Å²) < 4.78 is 42.3. The quantitative estimate of drug-likeness (QED) is 0.827. The average Bonchev–Trinajstić information content (AvgIpc) is 3.09. The lowest BCUT2D eigenvalue weighted by molar-refractivity contribution is -0.143. The summed E-state index contributed by atoms with van der Waals surface area (Å²) in [4.78, 5) is 13.3. The molecule has 2 N–H and O–H groups in total. The normalized spacial score (nSPS) is 18.8. The Morgan fingerprint density at radius 1 is 1.38 bits per heavy atom. The summed E-state index contributed by atoms with van der Waals surface area (Å²) in [6, 6.07) is -0.662. The van der Waals surface area contributed by atoms with E-state index in [1.54, 1.807) is 0 Å². The second-order valence-electron chi connectivity index (χ2n) is 5.90. The molecule has 0 saturated carbocycles. The van der Waals surface area contributed by atoms with Crippen LogP contribution in [0.2, 0.25) is 0 Å². The number of likely N-dealkylation sites (tertiary alicyclic amines) is 1. The van der Waals surface area contributed by atoms with E-state index in [9.17, 15) is 18.0 Å². The average molecular weight is 348 g/mol. The van der Waals surface area contributed by atoms with E-state index in [2.05, 4.69) is 15.8 Å². The molecule has 1 aliphatic rings. The van der Waals surface area contributed by atoms with Crippen molar-refractivity contribution in [2.75, 3.05) is 19.6 Å². The van der Waals surface area contributed by atoms with Crippen LogP contribution in [0.25, 0.3) is 0 Å². The van der Waals surface area contributed by atoms with E-state index < -0.39 is 12.7 Å². The van der Waals surface area contributed by atoms with Gasteiger partial charge in [-0.1, -0.05) is 19.0 Å². The highest BCUT2D eigenvalue weighted by atomic mass is 19.4. The summed E-state index contributed by atoms with van der Waals surface area (Å²) in [5.41, 5.74) is 1.68. The maximum atomic E-state index is 12.4. The molecule has 2 rings (SSSR count). The molecule has 1 saturated heterocycles. The Hall–Kier alpha value is -1.77. The zero-order valence-electron chi connectivity index (χ0n) is 13.9. The van der Waals surface area contributed by atoms with Crippen molar-refractivity contribution in [2.24, 2.45) is 0 Å². The molecule has 0 aromatic carbocycles. The first-order valence-corrected chi connectivity index (χ1v) is 8.12. The number of amides is 2. The monoisotopic (exact) mass is 348 g/mol. The van der Waals surface area contributed by atoms with Gasteiger partial charge in [0, 0.05) is 37.7 Å². The van der Waals surface area contributed by atoms with Gasteiger partial charge in [-0.25, -0.2) is 4.79 Å². The molecule has 6 nitrogen and oxygen atoms in total. The van der Waals surface area contributed by atoms with Crippen LogP contribution in [0.15, 0.2) is 4.52 Å². The van der Waals surface area contributed by atoms with Gasteiger partial charge in [0.2, 0.25) is 0 Å². The minimum absolute atomic E-state index is 0.209. The lowest BCUT2D eigenvalue weighted by Gasteiger charge is -2.18. The third kappa shape index (κ3) is 5.12. The lowest BCUT2D eigenvalue weighted by atomic mass is 10.1. The summed E-state index contributed by atoms with van der Waals surface area (Å²) in [5, 5.41) is 9.43. The van der Waals surface area contributed by atoms with Crippen molar-refractivity contribution in [1.29, 1.82) is 0 Å². The first-order valence-electron chi connectivity index (χ1n) is 8.12. The van der Waals surface area contributed by atoms with Gasteiger partial charge in [-0.3, -0.25) is 4.90 Å². The van der Waals surface area contributed by atoms with Crippen molar-refractivity contribution in [2.45, 2.75) is 51.9 Å². The van der Waals surface area contributed by atoms with Crippen LogP contribution in [0, 0.1) is 0 Å². The summed E-state index contributed by atoms with van der Waals surface area (Å²) in [6.45, 7) is 3.79. The van der Waals surface area contributed by atoms with Crippen LogP contribution in [0.5, 0.6) is 0 Å². The number of carbonyl (C=O) groups is 1. The molecule has 0 spiro atoms. The number of halogens is 3. The number of nitrogens with zero attached hydrogens (tertiary/aromatic N) is 2. The molecule has 0 bridgehead atoms. The fraction of sp³-hybridized carbons (Fsp3) is 0.733. The van der Waals surface area contributed by atoms with Gasteiger partial charge < -0.3 is 15.2 Å². The molecule has 1 aromatic heterocycles. The molecule has 24 heavy (non-hydrogen) atoms. The Bertz CT molecular complexity index is 538. The third-order valence-electron chi connectivity index (χ3n) is 4.04. The molecule has 1 aromatic rings. The summed E-state index contributed by atoms with van der Waals surface area (Å²) in [6.07, 6.45) is -2.31. The van der Waals surface area contributed by atoms with Crippen molar-refractivity contribution in [3.63, 3.8) is 0 Å². The van der Waals surface area contributed by atoms with Crippen molar-refractivity contribution in [1.82, 2.24) is 20.7 Å². The molecule has 1 aliphatic heterocycles. The number of nitrogens with one attached hydrogen (secondary N) is 2. The van der Waals surface area contributed by atoms with Crippen LogP contribution in [-0.4, -0.2) is 47.9 Å². The van der Waals surface area contributed by atoms with E-state index in [1.807, 2.05) is 13.8 Å². The largest absolute Gasteiger partial charge is 0.401 e. The van der Waals surface area contributed by atoms with Crippen molar-refractivity contribution in [3.05, 3.63) is 17.0 Å². The first kappa shape index (κ1) is 18.6. The van der Waals surface area contributed by atoms with Crippen molar-refractivity contribution < 1.29 is 22.5 Å². The standard InChI is InChI=1S/C15H23F3N4O2/c1-3-12-11(13(4-2)24-21-12)7-19-14(23)20-10-5-6-22(8-10)9-15(16,17)18/h10H,3-9H2,1-2H3,(H2,19,20,23). The molecular formula is C15H23F3N4O2. The highest BCUT2D eigenvalue weighted by Gasteiger charge is 2.34. The molecule has 9 heteroatoms. The lowest BCUT2D eigenvalue weighted by Crippen LogP contribution is -2.43. The second kappa shape index (κ2) is 7.87. The Morgan fingerprint density at radius 3 is 2.75 bits per heavy atom. The van der Waals surface area contributed by atoms with Gasteiger partial charge in [-0.2, -0.15) is 13.2 Å². The van der Waals surface area contributed by atoms with Crippen LogP contribution in [0.1, 0.15) is 37.3 Å². The Labute approximate surface area is 138 Å². The maximum absolute atomic E-state index is 12.4. The molecule has 2 amide bonds. The van der Waals surface area contributed by atoms with Crippen molar-refractivity contribution >= 4 is 6.03 Å². The molecule has 136 valence electrons. The van der Waals surface area contributed by atoms with Crippen LogP contribution in [0.3, 0.4) is 0 Å². The number of urea groups is 1. The Kier molecular flexibility index (Phi) is 6.09. The van der Waals surface area contributed by atoms with E-state index in [-0.39, 0.29) is 18.6 Å². The molecule has 0 aliphatic carbocycles. The SMILES string of the molecule is CCc1noc(CC)c1CNC(=O)NC1CCN(CC(F)(F)F)C1. The Balaban J connectivity index is 1.79. The predicted octanol–water partition coefficient (Wildman–Crippen LogP) is 2.24. The Morgan fingerprint density at radius 2 is 2.12 bits per heavy atom. The zero-order chi connectivity index (χ0) is 17.7. The zero-order valence-corrected chi connectivity index (χ0v) is 13.9. The predicted molar refractivity (Wildman–Crippen MR) is 81.5 cm³/mol. The van der Waals surface area contributed by atoms with Gasteiger partial charge in [0.15, 0.2) is 0 Å². The van der Waals surface area contributed by atoms with E-state index in [0.29, 0.717) is 32.4 Å². The smallest absolute Gasteiger partial charge is 0.361 e. The van der Waals surface area contributed by atoms with Crippen molar-refractivity contribution in [3.8, 4) is 0 Å². The fourth-order valence-electron chi connectivity index (χ4n) is 2.89. The van der Waals surface area contributed by atoms with E-state index in [4.69, 9.17) is 4.52 Å².